The van der Waals surface area contributed by atoms with Gasteiger partial charge in [-0.1, -0.05) is 32.9 Å². The average molecular weight is 476 g/mol. The van der Waals surface area contributed by atoms with Gasteiger partial charge in [-0.2, -0.15) is 0 Å². The second-order valence-electron chi connectivity index (χ2n) is 11.2. The van der Waals surface area contributed by atoms with Crippen molar-refractivity contribution in [3.05, 3.63) is 47.5 Å². The van der Waals surface area contributed by atoms with Crippen LogP contribution in [0, 0.1) is 11.7 Å². The van der Waals surface area contributed by atoms with E-state index >= 15 is 0 Å². The van der Waals surface area contributed by atoms with Gasteiger partial charge in [0.05, 0.1) is 18.5 Å². The molecule has 0 radical (unpaired) electrons. The lowest BCUT2D eigenvalue weighted by atomic mass is 9.97. The summed E-state index contributed by atoms with van der Waals surface area (Å²) in [6.07, 6.45) is 3.72. The first-order valence-electron chi connectivity index (χ1n) is 12.2. The van der Waals surface area contributed by atoms with E-state index in [1.54, 1.807) is 12.1 Å². The van der Waals surface area contributed by atoms with Crippen molar-refractivity contribution in [2.75, 3.05) is 19.7 Å². The highest BCUT2D eigenvalue weighted by molar-refractivity contribution is 6.74. The monoisotopic (exact) mass is 475 g/mol. The van der Waals surface area contributed by atoms with E-state index < -0.39 is 14.4 Å². The zero-order valence-corrected chi connectivity index (χ0v) is 22.7. The first kappa shape index (κ1) is 25.9. The summed E-state index contributed by atoms with van der Waals surface area (Å²) < 4.78 is 29.1. The van der Waals surface area contributed by atoms with Gasteiger partial charge in [-0.05, 0) is 81.5 Å². The van der Waals surface area contributed by atoms with E-state index in [9.17, 15) is 4.39 Å². The standard InChI is InChI=1S/C26H42FN3O2Si/c1-19(2)30-14-12-20(13-15-30)18-31-25-28-17-23(29(25)6)24(21-10-9-11-22(27)16-21)32-33(7,8)26(3,4)5/h9-11,16-17,19-20,24H,12-15,18H2,1-8H3. The number of ether oxygens (including phenoxy) is 1. The Morgan fingerprint density at radius 3 is 2.42 bits per heavy atom. The summed E-state index contributed by atoms with van der Waals surface area (Å²) in [4.78, 5) is 7.10. The number of piperidine rings is 1. The highest BCUT2D eigenvalue weighted by Crippen LogP contribution is 2.42. The number of aromatic nitrogens is 2. The average Bonchev–Trinajstić information content (AvgIpc) is 3.10. The van der Waals surface area contributed by atoms with Crippen LogP contribution in [0.2, 0.25) is 18.1 Å². The van der Waals surface area contributed by atoms with Crippen LogP contribution in [0.15, 0.2) is 30.5 Å². The number of hydrogen-bond acceptors (Lipinski definition) is 4. The predicted molar refractivity (Wildman–Crippen MR) is 135 cm³/mol. The molecule has 1 fully saturated rings. The fourth-order valence-electron chi connectivity index (χ4n) is 4.05. The molecule has 7 heteroatoms. The molecule has 1 aromatic heterocycles. The van der Waals surface area contributed by atoms with Crippen molar-refractivity contribution in [3.63, 3.8) is 0 Å². The number of nitrogens with zero attached hydrogens (tertiary/aromatic N) is 3. The lowest BCUT2D eigenvalue weighted by molar-refractivity contribution is 0.114. The minimum Gasteiger partial charge on any atom is -0.464 e. The van der Waals surface area contributed by atoms with Gasteiger partial charge in [0.1, 0.15) is 11.9 Å². The van der Waals surface area contributed by atoms with Crippen LogP contribution < -0.4 is 4.74 Å². The minimum absolute atomic E-state index is 0.0291. The molecule has 1 atom stereocenters. The summed E-state index contributed by atoms with van der Waals surface area (Å²) in [5, 5.41) is 0.0291. The van der Waals surface area contributed by atoms with Crippen molar-refractivity contribution in [3.8, 4) is 6.01 Å². The fourth-order valence-corrected chi connectivity index (χ4v) is 5.25. The second kappa shape index (κ2) is 10.3. The smallest absolute Gasteiger partial charge is 0.296 e. The van der Waals surface area contributed by atoms with Gasteiger partial charge in [0.25, 0.3) is 6.01 Å². The van der Waals surface area contributed by atoms with Gasteiger partial charge in [0.15, 0.2) is 8.32 Å². The van der Waals surface area contributed by atoms with Crippen LogP contribution in [0.4, 0.5) is 4.39 Å². The zero-order valence-electron chi connectivity index (χ0n) is 21.7. The van der Waals surface area contributed by atoms with Crippen molar-refractivity contribution in [1.82, 2.24) is 14.5 Å². The van der Waals surface area contributed by atoms with Crippen LogP contribution in [0.5, 0.6) is 6.01 Å². The van der Waals surface area contributed by atoms with Crippen molar-refractivity contribution < 1.29 is 13.6 Å². The molecule has 0 bridgehead atoms. The third kappa shape index (κ3) is 6.25. The maximum Gasteiger partial charge on any atom is 0.296 e. The molecule has 3 rings (SSSR count). The van der Waals surface area contributed by atoms with E-state index in [1.807, 2.05) is 23.9 Å². The normalized spacial score (nSPS) is 17.5. The molecule has 1 saturated heterocycles. The number of benzene rings is 1. The summed E-state index contributed by atoms with van der Waals surface area (Å²) in [5.74, 6) is 0.283. The Hall–Kier alpha value is -1.70. The van der Waals surface area contributed by atoms with E-state index in [2.05, 4.69) is 57.6 Å². The number of imidazole rings is 1. The first-order chi connectivity index (χ1) is 15.4. The molecule has 184 valence electrons. The Morgan fingerprint density at radius 1 is 1.18 bits per heavy atom. The lowest BCUT2D eigenvalue weighted by Crippen LogP contribution is -2.42. The minimum atomic E-state index is -2.13. The molecule has 5 nitrogen and oxygen atoms in total. The van der Waals surface area contributed by atoms with Gasteiger partial charge in [-0.3, -0.25) is 4.57 Å². The van der Waals surface area contributed by atoms with Crippen LogP contribution in [-0.4, -0.2) is 48.5 Å². The summed E-state index contributed by atoms with van der Waals surface area (Å²) in [6, 6.07) is 7.89. The Morgan fingerprint density at radius 2 is 1.85 bits per heavy atom. The molecule has 2 heterocycles. The van der Waals surface area contributed by atoms with Crippen LogP contribution in [0.1, 0.15) is 64.8 Å². The van der Waals surface area contributed by atoms with E-state index in [0.717, 1.165) is 37.2 Å². The van der Waals surface area contributed by atoms with Crippen molar-refractivity contribution >= 4 is 8.32 Å². The van der Waals surface area contributed by atoms with Gasteiger partial charge in [-0.15, -0.1) is 0 Å². The van der Waals surface area contributed by atoms with E-state index in [1.165, 1.54) is 6.07 Å². The van der Waals surface area contributed by atoms with Crippen molar-refractivity contribution in [1.29, 1.82) is 0 Å². The molecule has 1 aliphatic heterocycles. The number of hydrogen-bond donors (Lipinski definition) is 0. The number of rotatable bonds is 8. The fraction of sp³-hybridized carbons (Fsp3) is 0.654. The molecular weight excluding hydrogens is 433 g/mol. The molecule has 1 aliphatic rings. The maximum atomic E-state index is 14.1. The predicted octanol–water partition coefficient (Wildman–Crippen LogP) is 6.17. The van der Waals surface area contributed by atoms with Crippen molar-refractivity contribution in [2.24, 2.45) is 13.0 Å². The molecule has 0 N–H and O–H groups in total. The third-order valence-corrected chi connectivity index (χ3v) is 11.9. The summed E-state index contributed by atoms with van der Waals surface area (Å²) in [5.41, 5.74) is 1.69. The molecule has 2 aromatic rings. The molecule has 1 aromatic carbocycles. The van der Waals surface area contributed by atoms with Gasteiger partial charge >= 0.3 is 0 Å². The molecular formula is C26H42FN3O2Si. The Bertz CT molecular complexity index is 915. The van der Waals surface area contributed by atoms with Crippen molar-refractivity contribution in [2.45, 2.75) is 77.7 Å². The SMILES string of the molecule is CC(C)N1CCC(COc2ncc(C(O[Si](C)(C)C(C)(C)C)c3cccc(F)c3)n2C)CC1. The van der Waals surface area contributed by atoms with Gasteiger partial charge in [0.2, 0.25) is 0 Å². The van der Waals surface area contributed by atoms with Crippen LogP contribution in [0.25, 0.3) is 0 Å². The highest BCUT2D eigenvalue weighted by Gasteiger charge is 2.40. The van der Waals surface area contributed by atoms with Crippen LogP contribution >= 0.6 is 0 Å². The molecule has 0 saturated carbocycles. The lowest BCUT2D eigenvalue weighted by Gasteiger charge is -2.39. The third-order valence-electron chi connectivity index (χ3n) is 7.45. The zero-order chi connectivity index (χ0) is 24.4. The van der Waals surface area contributed by atoms with E-state index in [-0.39, 0.29) is 10.9 Å². The van der Waals surface area contributed by atoms with Gasteiger partial charge < -0.3 is 14.1 Å². The quantitative estimate of drug-likeness (QED) is 0.428. The van der Waals surface area contributed by atoms with E-state index in [0.29, 0.717) is 24.6 Å². The molecule has 0 amide bonds. The summed E-state index contributed by atoms with van der Waals surface area (Å²) >= 11 is 0. The Balaban J connectivity index is 1.78. The summed E-state index contributed by atoms with van der Waals surface area (Å²) in [6.45, 7) is 18.5. The molecule has 1 unspecified atom stereocenters. The second-order valence-corrected chi connectivity index (χ2v) is 16.0. The number of likely N-dealkylation sites (tertiary alicyclic amines) is 1. The number of halogens is 1. The van der Waals surface area contributed by atoms with Gasteiger partial charge in [-0.25, -0.2) is 9.37 Å². The Kier molecular flexibility index (Phi) is 8.07. The topological polar surface area (TPSA) is 39.5 Å². The van der Waals surface area contributed by atoms with Crippen LogP contribution in [0.3, 0.4) is 0 Å². The largest absolute Gasteiger partial charge is 0.464 e. The Labute approximate surface area is 200 Å². The van der Waals surface area contributed by atoms with Gasteiger partial charge in [0, 0.05) is 13.1 Å². The highest BCUT2D eigenvalue weighted by atomic mass is 28.4. The summed E-state index contributed by atoms with van der Waals surface area (Å²) in [7, 11) is -0.176. The van der Waals surface area contributed by atoms with E-state index in [4.69, 9.17) is 9.16 Å². The molecule has 0 aliphatic carbocycles. The molecule has 33 heavy (non-hydrogen) atoms. The van der Waals surface area contributed by atoms with Crippen LogP contribution in [-0.2, 0) is 11.5 Å². The molecule has 0 spiro atoms. The maximum absolute atomic E-state index is 14.1. The first-order valence-corrected chi connectivity index (χ1v) is 15.1.